The zero-order valence-electron chi connectivity index (χ0n) is 8.11. The fourth-order valence-electron chi connectivity index (χ4n) is 1.74. The van der Waals surface area contributed by atoms with Crippen LogP contribution in [-0.4, -0.2) is 29.1 Å². The molecule has 2 heterocycles. The summed E-state index contributed by atoms with van der Waals surface area (Å²) in [6.07, 6.45) is 3.55. The van der Waals surface area contributed by atoms with Crippen LogP contribution in [0.25, 0.3) is 0 Å². The molecule has 0 atom stereocenters. The fourth-order valence-corrected chi connectivity index (χ4v) is 1.74. The van der Waals surface area contributed by atoms with Crippen LogP contribution in [0, 0.1) is 5.95 Å². The van der Waals surface area contributed by atoms with Gasteiger partial charge in [0, 0.05) is 13.1 Å². The first-order valence-electron chi connectivity index (χ1n) is 4.82. The molecule has 1 aromatic rings. The second-order valence-electron chi connectivity index (χ2n) is 3.53. The van der Waals surface area contributed by atoms with Crippen LogP contribution in [0.3, 0.4) is 0 Å². The second-order valence-corrected chi connectivity index (χ2v) is 3.53. The maximum absolute atomic E-state index is 13.0. The average Bonchev–Trinajstić information content (AvgIpc) is 2.71. The van der Waals surface area contributed by atoms with Crippen LogP contribution in [-0.2, 0) is 0 Å². The van der Waals surface area contributed by atoms with E-state index >= 15 is 0 Å². The van der Waals surface area contributed by atoms with E-state index in [-0.39, 0.29) is 5.56 Å². The van der Waals surface area contributed by atoms with E-state index in [1.807, 2.05) is 4.90 Å². The summed E-state index contributed by atoms with van der Waals surface area (Å²) < 4.78 is 13.0. The maximum Gasteiger partial charge on any atom is 0.340 e. The first-order chi connectivity index (χ1) is 7.18. The van der Waals surface area contributed by atoms with E-state index in [0.29, 0.717) is 5.69 Å². The summed E-state index contributed by atoms with van der Waals surface area (Å²) >= 11 is 0. The number of rotatable bonds is 2. The number of halogens is 1. The molecule has 0 unspecified atom stereocenters. The quantitative estimate of drug-likeness (QED) is 0.752. The third-order valence-electron chi connectivity index (χ3n) is 2.53. The van der Waals surface area contributed by atoms with Crippen molar-refractivity contribution in [2.75, 3.05) is 18.0 Å². The van der Waals surface area contributed by atoms with Gasteiger partial charge in [-0.15, -0.1) is 0 Å². The van der Waals surface area contributed by atoms with Crippen molar-refractivity contribution in [3.05, 3.63) is 23.8 Å². The largest absolute Gasteiger partial charge is 0.478 e. The number of hydrogen-bond donors (Lipinski definition) is 1. The highest BCUT2D eigenvalue weighted by molar-refractivity contribution is 5.88. The second kappa shape index (κ2) is 3.84. The monoisotopic (exact) mass is 210 g/mol. The van der Waals surface area contributed by atoms with Crippen LogP contribution in [0.4, 0.5) is 10.1 Å². The molecule has 5 heteroatoms. The molecular formula is C10H11FN2O2. The lowest BCUT2D eigenvalue weighted by Crippen LogP contribution is -2.18. The number of anilines is 1. The molecular weight excluding hydrogens is 199 g/mol. The van der Waals surface area contributed by atoms with Crippen molar-refractivity contribution < 1.29 is 14.3 Å². The van der Waals surface area contributed by atoms with Crippen LogP contribution < -0.4 is 4.90 Å². The summed E-state index contributed by atoms with van der Waals surface area (Å²) in [6.45, 7) is 1.76. The number of hydrogen-bond acceptors (Lipinski definition) is 3. The molecule has 0 aromatic carbocycles. The Balaban J connectivity index is 2.33. The van der Waals surface area contributed by atoms with Crippen molar-refractivity contribution in [3.8, 4) is 0 Å². The van der Waals surface area contributed by atoms with Gasteiger partial charge in [0.05, 0.1) is 11.9 Å². The van der Waals surface area contributed by atoms with E-state index in [9.17, 15) is 9.18 Å². The lowest BCUT2D eigenvalue weighted by atomic mass is 10.2. The van der Waals surface area contributed by atoms with Gasteiger partial charge in [-0.3, -0.25) is 0 Å². The van der Waals surface area contributed by atoms with E-state index < -0.39 is 11.9 Å². The normalized spacial score (nSPS) is 15.7. The van der Waals surface area contributed by atoms with E-state index in [0.717, 1.165) is 25.9 Å². The Bertz CT molecular complexity index is 389. The van der Waals surface area contributed by atoms with Gasteiger partial charge in [0.1, 0.15) is 5.56 Å². The van der Waals surface area contributed by atoms with Crippen molar-refractivity contribution >= 4 is 11.7 Å². The van der Waals surface area contributed by atoms with E-state index in [2.05, 4.69) is 4.98 Å². The Morgan fingerprint density at radius 3 is 2.73 bits per heavy atom. The average molecular weight is 210 g/mol. The van der Waals surface area contributed by atoms with Crippen LogP contribution >= 0.6 is 0 Å². The third kappa shape index (κ3) is 1.91. The molecule has 1 aliphatic rings. The maximum atomic E-state index is 13.0. The van der Waals surface area contributed by atoms with E-state index in [4.69, 9.17) is 5.11 Å². The third-order valence-corrected chi connectivity index (χ3v) is 2.53. The highest BCUT2D eigenvalue weighted by Crippen LogP contribution is 2.21. The molecule has 4 nitrogen and oxygen atoms in total. The zero-order chi connectivity index (χ0) is 10.8. The van der Waals surface area contributed by atoms with Crippen LogP contribution in [0.15, 0.2) is 12.3 Å². The van der Waals surface area contributed by atoms with Crippen LogP contribution in [0.2, 0.25) is 0 Å². The molecule has 15 heavy (non-hydrogen) atoms. The van der Waals surface area contributed by atoms with Crippen LogP contribution in [0.5, 0.6) is 0 Å². The molecule has 0 amide bonds. The summed E-state index contributed by atoms with van der Waals surface area (Å²) in [7, 11) is 0. The number of carboxylic acid groups (broad SMARTS) is 1. The van der Waals surface area contributed by atoms with Gasteiger partial charge in [-0.2, -0.15) is 4.39 Å². The topological polar surface area (TPSA) is 53.4 Å². The first-order valence-corrected chi connectivity index (χ1v) is 4.82. The molecule has 1 saturated heterocycles. The van der Waals surface area contributed by atoms with Gasteiger partial charge in [0.2, 0.25) is 5.95 Å². The van der Waals surface area contributed by atoms with Gasteiger partial charge in [0.25, 0.3) is 0 Å². The lowest BCUT2D eigenvalue weighted by molar-refractivity contribution is 0.0691. The Kier molecular flexibility index (Phi) is 2.53. The molecule has 0 spiro atoms. The highest BCUT2D eigenvalue weighted by Gasteiger charge is 2.17. The molecule has 0 bridgehead atoms. The van der Waals surface area contributed by atoms with E-state index in [1.165, 1.54) is 12.3 Å². The summed E-state index contributed by atoms with van der Waals surface area (Å²) in [5.41, 5.74) is 0.325. The predicted octanol–water partition coefficient (Wildman–Crippen LogP) is 1.52. The molecule has 0 saturated carbocycles. The van der Waals surface area contributed by atoms with Gasteiger partial charge in [-0.05, 0) is 18.9 Å². The summed E-state index contributed by atoms with van der Waals surface area (Å²) in [4.78, 5) is 16.2. The smallest absolute Gasteiger partial charge is 0.340 e. The number of aromatic carboxylic acids is 1. The molecule has 0 aliphatic carbocycles. The first kappa shape index (κ1) is 9.89. The Hall–Kier alpha value is -1.65. The number of carboxylic acids is 1. The lowest BCUT2D eigenvalue weighted by Gasteiger charge is -2.17. The zero-order valence-corrected chi connectivity index (χ0v) is 8.11. The minimum absolute atomic E-state index is 0.362. The van der Waals surface area contributed by atoms with Gasteiger partial charge in [0.15, 0.2) is 0 Å². The van der Waals surface area contributed by atoms with E-state index in [1.54, 1.807) is 0 Å². The molecule has 1 aliphatic heterocycles. The summed E-state index contributed by atoms with van der Waals surface area (Å²) in [5.74, 6) is -2.20. The van der Waals surface area contributed by atoms with Gasteiger partial charge in [-0.1, -0.05) is 0 Å². The number of nitrogens with zero attached hydrogens (tertiary/aromatic N) is 2. The predicted molar refractivity (Wildman–Crippen MR) is 52.6 cm³/mol. The van der Waals surface area contributed by atoms with Crippen molar-refractivity contribution in [3.63, 3.8) is 0 Å². The fraction of sp³-hybridized carbons (Fsp3) is 0.400. The van der Waals surface area contributed by atoms with Crippen molar-refractivity contribution in [2.45, 2.75) is 12.8 Å². The Labute approximate surface area is 86.4 Å². The standard InChI is InChI=1S/C10H11FN2O2/c11-9-8(10(14)15)5-7(6-12-9)13-3-1-2-4-13/h5-6H,1-4H2,(H,14,15). The minimum atomic E-state index is -1.28. The van der Waals surface area contributed by atoms with Crippen LogP contribution in [0.1, 0.15) is 23.2 Å². The van der Waals surface area contributed by atoms with Crippen molar-refractivity contribution in [1.82, 2.24) is 4.98 Å². The SMILES string of the molecule is O=C(O)c1cc(N2CCCC2)cnc1F. The number of aromatic nitrogens is 1. The molecule has 0 radical (unpaired) electrons. The summed E-state index contributed by atoms with van der Waals surface area (Å²) in [5, 5.41) is 8.73. The minimum Gasteiger partial charge on any atom is -0.478 e. The highest BCUT2D eigenvalue weighted by atomic mass is 19.1. The molecule has 80 valence electrons. The van der Waals surface area contributed by atoms with Gasteiger partial charge >= 0.3 is 5.97 Å². The number of pyridine rings is 1. The van der Waals surface area contributed by atoms with Gasteiger partial charge in [-0.25, -0.2) is 9.78 Å². The van der Waals surface area contributed by atoms with Crippen molar-refractivity contribution in [2.24, 2.45) is 0 Å². The van der Waals surface area contributed by atoms with Crippen molar-refractivity contribution in [1.29, 1.82) is 0 Å². The number of carbonyl (C=O) groups is 1. The Morgan fingerprint density at radius 1 is 1.47 bits per heavy atom. The molecule has 2 rings (SSSR count). The molecule has 1 fully saturated rings. The summed E-state index contributed by atoms with van der Waals surface area (Å²) in [6, 6.07) is 1.34. The molecule has 1 aromatic heterocycles. The van der Waals surface area contributed by atoms with Gasteiger partial charge < -0.3 is 10.0 Å². The Morgan fingerprint density at radius 2 is 2.13 bits per heavy atom. The molecule has 1 N–H and O–H groups in total.